The molecule has 1 atom stereocenters. The van der Waals surface area contributed by atoms with Crippen LogP contribution in [0.15, 0.2) is 58.8 Å². The van der Waals surface area contributed by atoms with Gasteiger partial charge in [-0.05, 0) is 41.3 Å². The molecule has 14 heteroatoms. The van der Waals surface area contributed by atoms with Gasteiger partial charge in [-0.2, -0.15) is 17.5 Å². The van der Waals surface area contributed by atoms with Gasteiger partial charge < -0.3 is 15.3 Å². The van der Waals surface area contributed by atoms with Crippen LogP contribution in [0.5, 0.6) is 0 Å². The predicted octanol–water partition coefficient (Wildman–Crippen LogP) is 4.18. The highest BCUT2D eigenvalue weighted by molar-refractivity contribution is 7.89. The van der Waals surface area contributed by atoms with Crippen molar-refractivity contribution in [3.63, 3.8) is 0 Å². The summed E-state index contributed by atoms with van der Waals surface area (Å²) in [5.41, 5.74) is 0.752. The number of benzene rings is 2. The van der Waals surface area contributed by atoms with Crippen LogP contribution in [0.25, 0.3) is 0 Å². The third-order valence-corrected chi connectivity index (χ3v) is 9.34. The first-order valence-electron chi connectivity index (χ1n) is 12.3. The Hall–Kier alpha value is -3.49. The fraction of sp³-hybridized carbons (Fsp3) is 0.346. The summed E-state index contributed by atoms with van der Waals surface area (Å²) in [5, 5.41) is 13.6. The summed E-state index contributed by atoms with van der Waals surface area (Å²) >= 11 is 1.05. The van der Waals surface area contributed by atoms with Crippen molar-refractivity contribution < 1.29 is 36.3 Å². The quantitative estimate of drug-likeness (QED) is 0.400. The van der Waals surface area contributed by atoms with Crippen molar-refractivity contribution in [2.24, 2.45) is 0 Å². The highest BCUT2D eigenvalue weighted by atomic mass is 32.2. The number of alkyl halides is 3. The Labute approximate surface area is 233 Å². The molecule has 1 aromatic heterocycles. The third-order valence-electron chi connectivity index (χ3n) is 6.52. The number of rotatable bonds is 8. The molecule has 1 aliphatic rings. The number of carbonyl (C=O) groups is 2. The molecule has 2 heterocycles. The summed E-state index contributed by atoms with van der Waals surface area (Å²) in [6.45, 7) is 4.02. The van der Waals surface area contributed by atoms with E-state index in [2.05, 4.69) is 24.1 Å². The van der Waals surface area contributed by atoms with Gasteiger partial charge >= 0.3 is 12.1 Å². The van der Waals surface area contributed by atoms with Crippen LogP contribution in [0, 0.1) is 0 Å². The molecule has 2 aromatic carbocycles. The fourth-order valence-electron chi connectivity index (χ4n) is 4.23. The zero-order valence-corrected chi connectivity index (χ0v) is 23.2. The average molecular weight is 597 g/mol. The van der Waals surface area contributed by atoms with Gasteiger partial charge in [-0.15, -0.1) is 11.3 Å². The Bertz CT molecular complexity index is 1470. The highest BCUT2D eigenvalue weighted by Crippen LogP contribution is 2.31. The molecule has 3 aromatic rings. The monoisotopic (exact) mass is 596 g/mol. The zero-order chi connectivity index (χ0) is 29.2. The largest absolute Gasteiger partial charge is 0.476 e. The number of sulfonamides is 1. The molecule has 0 spiro atoms. The number of aromatic nitrogens is 1. The molecule has 1 amide bonds. The molecule has 0 saturated carbocycles. The van der Waals surface area contributed by atoms with Gasteiger partial charge in [0.2, 0.25) is 15.9 Å². The van der Waals surface area contributed by atoms with E-state index >= 15 is 0 Å². The van der Waals surface area contributed by atoms with Gasteiger partial charge in [0.15, 0.2) is 10.8 Å². The number of amides is 1. The molecule has 1 saturated heterocycles. The summed E-state index contributed by atoms with van der Waals surface area (Å²) in [5.74, 6) is -1.50. The lowest BCUT2D eigenvalue weighted by Gasteiger charge is -2.39. The molecule has 0 bridgehead atoms. The number of carboxylic acids is 1. The number of nitrogens with zero attached hydrogens (tertiary/aromatic N) is 3. The van der Waals surface area contributed by atoms with Crippen LogP contribution in [-0.2, 0) is 27.5 Å². The van der Waals surface area contributed by atoms with Crippen molar-refractivity contribution in [2.75, 3.05) is 24.5 Å². The Balaban J connectivity index is 1.59. The van der Waals surface area contributed by atoms with Gasteiger partial charge in [0.05, 0.1) is 10.5 Å². The number of carboxylic acid groups (broad SMARTS) is 1. The van der Waals surface area contributed by atoms with Crippen LogP contribution in [0.1, 0.15) is 46.9 Å². The summed E-state index contributed by atoms with van der Waals surface area (Å²) in [6.07, 6.45) is -4.63. The van der Waals surface area contributed by atoms with E-state index in [1.165, 1.54) is 5.38 Å². The number of aromatic carboxylic acids is 1. The van der Waals surface area contributed by atoms with Gasteiger partial charge in [0.1, 0.15) is 6.04 Å². The van der Waals surface area contributed by atoms with Gasteiger partial charge in [-0.1, -0.05) is 38.1 Å². The number of piperazine rings is 1. The van der Waals surface area contributed by atoms with Crippen molar-refractivity contribution in [2.45, 2.75) is 43.4 Å². The minimum atomic E-state index is -4.63. The number of anilines is 1. The van der Waals surface area contributed by atoms with E-state index in [9.17, 15) is 36.3 Å². The second-order valence-electron chi connectivity index (χ2n) is 9.53. The van der Waals surface area contributed by atoms with E-state index in [0.717, 1.165) is 38.9 Å². The Morgan fingerprint density at radius 2 is 1.75 bits per heavy atom. The first-order valence-corrected chi connectivity index (χ1v) is 14.6. The molecule has 1 aliphatic heterocycles. The van der Waals surface area contributed by atoms with Crippen molar-refractivity contribution >= 4 is 38.4 Å². The Morgan fingerprint density at radius 1 is 1.10 bits per heavy atom. The number of carbonyl (C=O) groups excluding carboxylic acids is 1. The van der Waals surface area contributed by atoms with E-state index in [0.29, 0.717) is 23.2 Å². The molecule has 0 unspecified atom stereocenters. The zero-order valence-electron chi connectivity index (χ0n) is 21.6. The standard InChI is InChI=1S/C26H27F3N4O5S2/c1-16(2)18-5-3-17(4-6-18)13-30-23(34)22-14-32(25-31-21(15-39-25)24(35)36)11-12-33(22)40(37,38)20-9-7-19(8-10-20)26(27,28)29/h3-10,15-16,22H,11-14H2,1-2H3,(H,30,34)(H,35,36)/t22-/m1/s1. The van der Waals surface area contributed by atoms with Gasteiger partial charge in [-0.3, -0.25) is 4.79 Å². The minimum Gasteiger partial charge on any atom is -0.476 e. The van der Waals surface area contributed by atoms with E-state index in [1.54, 1.807) is 4.90 Å². The van der Waals surface area contributed by atoms with Crippen molar-refractivity contribution in [1.29, 1.82) is 0 Å². The molecule has 1 fully saturated rings. The lowest BCUT2D eigenvalue weighted by atomic mass is 10.0. The lowest BCUT2D eigenvalue weighted by Crippen LogP contribution is -2.60. The van der Waals surface area contributed by atoms with Crippen molar-refractivity contribution in [3.8, 4) is 0 Å². The van der Waals surface area contributed by atoms with Crippen LogP contribution in [-0.4, -0.2) is 60.4 Å². The van der Waals surface area contributed by atoms with Crippen molar-refractivity contribution in [1.82, 2.24) is 14.6 Å². The first-order chi connectivity index (χ1) is 18.8. The van der Waals surface area contributed by atoms with Crippen LogP contribution in [0.3, 0.4) is 0 Å². The van der Waals surface area contributed by atoms with E-state index in [-0.39, 0.29) is 36.8 Å². The predicted molar refractivity (Wildman–Crippen MR) is 143 cm³/mol. The lowest BCUT2D eigenvalue weighted by molar-refractivity contribution is -0.137. The van der Waals surface area contributed by atoms with E-state index in [1.807, 2.05) is 24.3 Å². The Kier molecular flexibility index (Phi) is 8.52. The number of halogens is 3. The number of hydrogen-bond donors (Lipinski definition) is 2. The SMILES string of the molecule is CC(C)c1ccc(CNC(=O)[C@H]2CN(c3nc(C(=O)O)cs3)CCN2S(=O)(=O)c2ccc(C(F)(F)F)cc2)cc1. The van der Waals surface area contributed by atoms with Gasteiger partial charge in [0, 0.05) is 31.6 Å². The molecule has 4 rings (SSSR count). The summed E-state index contributed by atoms with van der Waals surface area (Å²) in [4.78, 5) is 30.0. The maximum absolute atomic E-state index is 13.5. The molecular formula is C26H27F3N4O5S2. The smallest absolute Gasteiger partial charge is 0.416 e. The maximum atomic E-state index is 13.5. The second kappa shape index (κ2) is 11.6. The van der Waals surface area contributed by atoms with Gasteiger partial charge in [0.25, 0.3) is 0 Å². The van der Waals surface area contributed by atoms with E-state index < -0.39 is 39.7 Å². The first kappa shape index (κ1) is 29.5. The molecule has 40 heavy (non-hydrogen) atoms. The summed E-state index contributed by atoms with van der Waals surface area (Å²) in [6, 6.07) is 9.46. The molecular weight excluding hydrogens is 569 g/mol. The summed E-state index contributed by atoms with van der Waals surface area (Å²) < 4.78 is 67.1. The molecule has 214 valence electrons. The maximum Gasteiger partial charge on any atom is 0.416 e. The molecule has 0 aliphatic carbocycles. The molecule has 2 N–H and O–H groups in total. The Morgan fingerprint density at radius 3 is 2.30 bits per heavy atom. The minimum absolute atomic E-state index is 0.0902. The normalized spacial score (nSPS) is 16.8. The number of nitrogens with one attached hydrogen (secondary N) is 1. The molecule has 0 radical (unpaired) electrons. The van der Waals surface area contributed by atoms with Crippen LogP contribution >= 0.6 is 11.3 Å². The molecule has 9 nitrogen and oxygen atoms in total. The van der Waals surface area contributed by atoms with Crippen LogP contribution in [0.2, 0.25) is 0 Å². The fourth-order valence-corrected chi connectivity index (χ4v) is 6.63. The number of hydrogen-bond acceptors (Lipinski definition) is 7. The second-order valence-corrected chi connectivity index (χ2v) is 12.3. The summed E-state index contributed by atoms with van der Waals surface area (Å²) in [7, 11) is -4.36. The third kappa shape index (κ3) is 6.45. The van der Waals surface area contributed by atoms with Crippen LogP contribution < -0.4 is 10.2 Å². The van der Waals surface area contributed by atoms with E-state index in [4.69, 9.17) is 0 Å². The average Bonchev–Trinajstić information content (AvgIpc) is 3.42. The number of thiazole rings is 1. The highest BCUT2D eigenvalue weighted by Gasteiger charge is 2.41. The van der Waals surface area contributed by atoms with Gasteiger partial charge in [-0.25, -0.2) is 18.2 Å². The van der Waals surface area contributed by atoms with Crippen molar-refractivity contribution in [3.05, 3.63) is 76.3 Å². The van der Waals surface area contributed by atoms with Crippen LogP contribution in [0.4, 0.5) is 18.3 Å². The topological polar surface area (TPSA) is 120 Å².